The molecule has 21 heavy (non-hydrogen) atoms. The summed E-state index contributed by atoms with van der Waals surface area (Å²) in [4.78, 5) is 25.6. The fourth-order valence-corrected chi connectivity index (χ4v) is 2.71. The molecule has 0 aromatic carbocycles. The number of likely N-dealkylation sites (N-methyl/N-ethyl adjacent to an activating group) is 1. The summed E-state index contributed by atoms with van der Waals surface area (Å²) >= 11 is 1.35. The van der Waals surface area contributed by atoms with Crippen LogP contribution in [0.4, 0.5) is 0 Å². The van der Waals surface area contributed by atoms with Crippen molar-refractivity contribution in [3.05, 3.63) is 28.0 Å². The lowest BCUT2D eigenvalue weighted by atomic mass is 10.2. The maximum absolute atomic E-state index is 12.1. The Morgan fingerprint density at radius 3 is 2.67 bits per heavy atom. The van der Waals surface area contributed by atoms with Crippen LogP contribution in [0.5, 0.6) is 0 Å². The van der Waals surface area contributed by atoms with E-state index < -0.39 is 5.97 Å². The predicted molar refractivity (Wildman–Crippen MR) is 85.7 cm³/mol. The van der Waals surface area contributed by atoms with Crippen LogP contribution in [-0.2, 0) is 4.79 Å². The Morgan fingerprint density at radius 1 is 1.43 bits per heavy atom. The zero-order valence-electron chi connectivity index (χ0n) is 12.6. The highest BCUT2D eigenvalue weighted by molar-refractivity contribution is 7.11. The van der Waals surface area contributed by atoms with Gasteiger partial charge in [-0.1, -0.05) is 13.8 Å². The van der Waals surface area contributed by atoms with E-state index in [1.165, 1.54) is 17.4 Å². The lowest BCUT2D eigenvalue weighted by Crippen LogP contribution is -2.41. The van der Waals surface area contributed by atoms with Crippen LogP contribution >= 0.6 is 11.3 Å². The summed E-state index contributed by atoms with van der Waals surface area (Å²) < 4.78 is 0. The summed E-state index contributed by atoms with van der Waals surface area (Å²) in [5.41, 5.74) is 0.566. The first kappa shape index (κ1) is 17.4. The van der Waals surface area contributed by atoms with Crippen LogP contribution in [0.15, 0.2) is 17.5 Å². The lowest BCUT2D eigenvalue weighted by Gasteiger charge is -2.23. The molecule has 116 valence electrons. The number of carboxylic acids is 1. The minimum absolute atomic E-state index is 0.0651. The maximum Gasteiger partial charge on any atom is 0.328 e. The van der Waals surface area contributed by atoms with Crippen LogP contribution in [0.2, 0.25) is 0 Å². The van der Waals surface area contributed by atoms with Gasteiger partial charge in [0.2, 0.25) is 0 Å². The third-order valence-electron chi connectivity index (χ3n) is 3.08. The second kappa shape index (κ2) is 8.59. The van der Waals surface area contributed by atoms with Gasteiger partial charge in [-0.15, -0.1) is 11.3 Å². The largest absolute Gasteiger partial charge is 0.478 e. The molecule has 1 amide bonds. The lowest BCUT2D eigenvalue weighted by molar-refractivity contribution is -0.131. The highest BCUT2D eigenvalue weighted by Gasteiger charge is 2.13. The van der Waals surface area contributed by atoms with E-state index in [9.17, 15) is 9.59 Å². The van der Waals surface area contributed by atoms with Crippen molar-refractivity contribution in [1.82, 2.24) is 10.2 Å². The van der Waals surface area contributed by atoms with Crippen molar-refractivity contribution in [2.24, 2.45) is 0 Å². The second-order valence-electron chi connectivity index (χ2n) is 4.77. The van der Waals surface area contributed by atoms with Gasteiger partial charge < -0.3 is 15.3 Å². The molecule has 0 saturated carbocycles. The van der Waals surface area contributed by atoms with Gasteiger partial charge in [0.05, 0.1) is 5.56 Å². The Morgan fingerprint density at radius 2 is 2.10 bits per heavy atom. The molecular formula is C15H22N2O3S. The molecule has 0 spiro atoms. The Labute approximate surface area is 129 Å². The Hall–Kier alpha value is -1.66. The minimum atomic E-state index is -0.998. The van der Waals surface area contributed by atoms with E-state index in [0.29, 0.717) is 5.56 Å². The Balaban J connectivity index is 2.57. The highest BCUT2D eigenvalue weighted by Crippen LogP contribution is 2.16. The van der Waals surface area contributed by atoms with Gasteiger partial charge >= 0.3 is 5.97 Å². The first-order valence-corrected chi connectivity index (χ1v) is 7.87. The summed E-state index contributed by atoms with van der Waals surface area (Å²) in [5, 5.41) is 13.3. The van der Waals surface area contributed by atoms with E-state index in [0.717, 1.165) is 30.6 Å². The molecule has 0 radical (unpaired) electrons. The van der Waals surface area contributed by atoms with Gasteiger partial charge in [0.1, 0.15) is 0 Å². The van der Waals surface area contributed by atoms with Gasteiger partial charge in [-0.25, -0.2) is 4.79 Å². The third-order valence-corrected chi connectivity index (χ3v) is 3.97. The SMILES string of the molecule is CCN(CC)CC(C)NC(=O)c1csc(C=CC(=O)O)c1. The number of carbonyl (C=O) groups excluding carboxylic acids is 1. The molecule has 0 aliphatic heterocycles. The molecule has 1 aromatic heterocycles. The average Bonchev–Trinajstić information content (AvgIpc) is 2.91. The van der Waals surface area contributed by atoms with Gasteiger partial charge in [-0.05, 0) is 32.2 Å². The standard InChI is InChI=1S/C15H22N2O3S/c1-4-17(5-2)9-11(3)16-15(20)12-8-13(21-10-12)6-7-14(18)19/h6-8,10-11H,4-5,9H2,1-3H3,(H,16,20)(H,18,19). The summed E-state index contributed by atoms with van der Waals surface area (Å²) in [7, 11) is 0. The topological polar surface area (TPSA) is 69.6 Å². The van der Waals surface area contributed by atoms with E-state index in [2.05, 4.69) is 24.1 Å². The molecular weight excluding hydrogens is 288 g/mol. The fraction of sp³-hybridized carbons (Fsp3) is 0.467. The summed E-state index contributed by atoms with van der Waals surface area (Å²) in [6.45, 7) is 8.90. The summed E-state index contributed by atoms with van der Waals surface area (Å²) in [6.07, 6.45) is 2.56. The van der Waals surface area contributed by atoms with E-state index in [4.69, 9.17) is 5.11 Å². The maximum atomic E-state index is 12.1. The first-order valence-electron chi connectivity index (χ1n) is 6.99. The number of hydrogen-bond donors (Lipinski definition) is 2. The molecule has 1 aromatic rings. The van der Waals surface area contributed by atoms with E-state index >= 15 is 0 Å². The van der Waals surface area contributed by atoms with Gasteiger partial charge in [-0.2, -0.15) is 0 Å². The highest BCUT2D eigenvalue weighted by atomic mass is 32.1. The van der Waals surface area contributed by atoms with Crippen molar-refractivity contribution in [2.45, 2.75) is 26.8 Å². The molecule has 0 fully saturated rings. The van der Waals surface area contributed by atoms with Gasteiger partial charge in [-0.3, -0.25) is 4.79 Å². The van der Waals surface area contributed by atoms with Crippen LogP contribution in [0.1, 0.15) is 36.0 Å². The van der Waals surface area contributed by atoms with Gasteiger partial charge in [0, 0.05) is 28.9 Å². The molecule has 0 aliphatic rings. The zero-order chi connectivity index (χ0) is 15.8. The fourth-order valence-electron chi connectivity index (χ4n) is 1.93. The molecule has 1 unspecified atom stereocenters. The van der Waals surface area contributed by atoms with Crippen molar-refractivity contribution in [3.63, 3.8) is 0 Å². The average molecular weight is 310 g/mol. The quantitative estimate of drug-likeness (QED) is 0.723. The number of rotatable bonds is 8. The Bertz CT molecular complexity index is 507. The first-order chi connectivity index (χ1) is 9.96. The third kappa shape index (κ3) is 6.10. The molecule has 0 bridgehead atoms. The summed E-state index contributed by atoms with van der Waals surface area (Å²) in [5.74, 6) is -1.12. The van der Waals surface area contributed by atoms with Crippen LogP contribution in [0, 0.1) is 0 Å². The number of carbonyl (C=O) groups is 2. The number of aliphatic carboxylic acids is 1. The van der Waals surface area contributed by atoms with E-state index in [1.807, 2.05) is 6.92 Å². The number of nitrogens with one attached hydrogen (secondary N) is 1. The molecule has 1 rings (SSSR count). The zero-order valence-corrected chi connectivity index (χ0v) is 13.4. The number of hydrogen-bond acceptors (Lipinski definition) is 4. The predicted octanol–water partition coefficient (Wildman–Crippen LogP) is 2.31. The minimum Gasteiger partial charge on any atom is -0.478 e. The molecule has 0 saturated heterocycles. The van der Waals surface area contributed by atoms with E-state index in [1.54, 1.807) is 11.4 Å². The van der Waals surface area contributed by atoms with Crippen molar-refractivity contribution < 1.29 is 14.7 Å². The van der Waals surface area contributed by atoms with Gasteiger partial charge in [0.15, 0.2) is 0 Å². The number of carboxylic acid groups (broad SMARTS) is 1. The number of thiophene rings is 1. The van der Waals surface area contributed by atoms with Crippen LogP contribution in [-0.4, -0.2) is 47.6 Å². The normalized spacial score (nSPS) is 12.8. The monoisotopic (exact) mass is 310 g/mol. The van der Waals surface area contributed by atoms with Crippen molar-refractivity contribution >= 4 is 29.3 Å². The summed E-state index contributed by atoms with van der Waals surface area (Å²) in [6, 6.07) is 1.76. The second-order valence-corrected chi connectivity index (χ2v) is 5.71. The number of amides is 1. The van der Waals surface area contributed by atoms with Crippen LogP contribution < -0.4 is 5.32 Å². The van der Waals surface area contributed by atoms with Crippen molar-refractivity contribution in [1.29, 1.82) is 0 Å². The molecule has 1 atom stereocenters. The van der Waals surface area contributed by atoms with Gasteiger partial charge in [0.25, 0.3) is 5.91 Å². The molecule has 6 heteroatoms. The molecule has 2 N–H and O–H groups in total. The number of nitrogens with zero attached hydrogens (tertiary/aromatic N) is 1. The smallest absolute Gasteiger partial charge is 0.328 e. The molecule has 5 nitrogen and oxygen atoms in total. The molecule has 0 aliphatic carbocycles. The Kier molecular flexibility index (Phi) is 7.11. The van der Waals surface area contributed by atoms with Crippen LogP contribution in [0.25, 0.3) is 6.08 Å². The van der Waals surface area contributed by atoms with Crippen molar-refractivity contribution in [2.75, 3.05) is 19.6 Å². The van der Waals surface area contributed by atoms with Crippen LogP contribution in [0.3, 0.4) is 0 Å². The van der Waals surface area contributed by atoms with Crippen molar-refractivity contribution in [3.8, 4) is 0 Å². The molecule has 1 heterocycles. The van der Waals surface area contributed by atoms with E-state index in [-0.39, 0.29) is 11.9 Å².